The first kappa shape index (κ1) is 16.2. The number of nitrogens with zero attached hydrogens (tertiary/aromatic N) is 1. The summed E-state index contributed by atoms with van der Waals surface area (Å²) in [5.41, 5.74) is 0. The van der Waals surface area contributed by atoms with Crippen molar-refractivity contribution in [2.45, 2.75) is 46.0 Å². The Labute approximate surface area is 106 Å². The van der Waals surface area contributed by atoms with Crippen LogP contribution in [0.1, 0.15) is 46.0 Å². The normalized spacial score (nSPS) is 11.6. The van der Waals surface area contributed by atoms with Gasteiger partial charge in [-0.05, 0) is 19.8 Å². The summed E-state index contributed by atoms with van der Waals surface area (Å²) >= 11 is 0. The maximum absolute atomic E-state index is 5.27. The summed E-state index contributed by atoms with van der Waals surface area (Å²) in [5.74, 6) is 0.901. The molecule has 0 unspecified atom stereocenters. The zero-order valence-electron chi connectivity index (χ0n) is 11.7. The van der Waals surface area contributed by atoms with Crippen LogP contribution in [0.5, 0.6) is 0 Å². The highest BCUT2D eigenvalue weighted by Crippen LogP contribution is 1.96. The number of guanidine groups is 1. The number of nitrogens with one attached hydrogen (secondary N) is 2. The Hall–Kier alpha value is -0.770. The smallest absolute Gasteiger partial charge is 0.190 e. The summed E-state index contributed by atoms with van der Waals surface area (Å²) in [6.45, 7) is 7.78. The van der Waals surface area contributed by atoms with Gasteiger partial charge in [-0.3, -0.25) is 4.99 Å². The molecule has 17 heavy (non-hydrogen) atoms. The van der Waals surface area contributed by atoms with Crippen LogP contribution in [0.15, 0.2) is 4.99 Å². The van der Waals surface area contributed by atoms with Gasteiger partial charge in [0.25, 0.3) is 0 Å². The molecule has 4 nitrogen and oxygen atoms in total. The molecule has 0 aliphatic carbocycles. The molecule has 0 amide bonds. The van der Waals surface area contributed by atoms with Gasteiger partial charge >= 0.3 is 0 Å². The fourth-order valence-electron chi connectivity index (χ4n) is 1.50. The third-order valence-corrected chi connectivity index (χ3v) is 2.51. The Morgan fingerprint density at radius 3 is 2.29 bits per heavy atom. The summed E-state index contributed by atoms with van der Waals surface area (Å²) in [4.78, 5) is 4.18. The standard InChI is InChI=1S/C13H29N3O/c1-4-6-7-8-10-15-13(14-3)16-11-9-12-17-5-2/h4-12H2,1-3H3,(H2,14,15,16). The highest BCUT2D eigenvalue weighted by Gasteiger charge is 1.96. The molecule has 0 aromatic carbocycles. The molecule has 0 aromatic heterocycles. The summed E-state index contributed by atoms with van der Waals surface area (Å²) in [6.07, 6.45) is 6.13. The van der Waals surface area contributed by atoms with Crippen LogP contribution < -0.4 is 10.6 Å². The fraction of sp³-hybridized carbons (Fsp3) is 0.923. The van der Waals surface area contributed by atoms with E-state index in [1.807, 2.05) is 14.0 Å². The van der Waals surface area contributed by atoms with Crippen LogP contribution in [0.2, 0.25) is 0 Å². The third-order valence-electron chi connectivity index (χ3n) is 2.51. The van der Waals surface area contributed by atoms with Crippen LogP contribution in [-0.2, 0) is 4.74 Å². The quantitative estimate of drug-likeness (QED) is 0.351. The predicted octanol–water partition coefficient (Wildman–Crippen LogP) is 2.16. The second kappa shape index (κ2) is 13.3. The van der Waals surface area contributed by atoms with Crippen molar-refractivity contribution in [1.82, 2.24) is 10.6 Å². The molecular weight excluding hydrogens is 214 g/mol. The molecule has 0 spiro atoms. The zero-order chi connectivity index (χ0) is 12.8. The highest BCUT2D eigenvalue weighted by atomic mass is 16.5. The first-order chi connectivity index (χ1) is 8.35. The van der Waals surface area contributed by atoms with Crippen LogP contribution in [0.3, 0.4) is 0 Å². The van der Waals surface area contributed by atoms with E-state index < -0.39 is 0 Å². The van der Waals surface area contributed by atoms with Gasteiger partial charge in [-0.25, -0.2) is 0 Å². The molecule has 0 aromatic rings. The van der Waals surface area contributed by atoms with Crippen molar-refractivity contribution in [3.63, 3.8) is 0 Å². The van der Waals surface area contributed by atoms with Crippen molar-refractivity contribution in [3.05, 3.63) is 0 Å². The van der Waals surface area contributed by atoms with Crippen molar-refractivity contribution in [1.29, 1.82) is 0 Å². The van der Waals surface area contributed by atoms with Gasteiger partial charge in [-0.15, -0.1) is 0 Å². The first-order valence-electron chi connectivity index (χ1n) is 6.87. The molecule has 0 fully saturated rings. The van der Waals surface area contributed by atoms with Crippen molar-refractivity contribution in [2.75, 3.05) is 33.4 Å². The topological polar surface area (TPSA) is 45.7 Å². The number of aliphatic imine (C=N–C) groups is 1. The van der Waals surface area contributed by atoms with Gasteiger partial charge in [0, 0.05) is 33.4 Å². The van der Waals surface area contributed by atoms with Crippen molar-refractivity contribution < 1.29 is 4.74 Å². The second-order valence-electron chi connectivity index (χ2n) is 4.04. The molecule has 0 saturated heterocycles. The van der Waals surface area contributed by atoms with Crippen LogP contribution in [-0.4, -0.2) is 39.3 Å². The molecule has 2 N–H and O–H groups in total. The van der Waals surface area contributed by atoms with E-state index in [4.69, 9.17) is 4.74 Å². The third kappa shape index (κ3) is 11.5. The Balaban J connectivity index is 3.37. The van der Waals surface area contributed by atoms with E-state index in [2.05, 4.69) is 22.5 Å². The van der Waals surface area contributed by atoms with Crippen LogP contribution in [0.4, 0.5) is 0 Å². The van der Waals surface area contributed by atoms with Gasteiger partial charge in [0.05, 0.1) is 0 Å². The van der Waals surface area contributed by atoms with Gasteiger partial charge in [0.15, 0.2) is 5.96 Å². The number of ether oxygens (including phenoxy) is 1. The lowest BCUT2D eigenvalue weighted by Crippen LogP contribution is -2.38. The van der Waals surface area contributed by atoms with E-state index >= 15 is 0 Å². The molecule has 0 rings (SSSR count). The second-order valence-corrected chi connectivity index (χ2v) is 4.04. The lowest BCUT2D eigenvalue weighted by atomic mass is 10.2. The summed E-state index contributed by atoms with van der Waals surface area (Å²) in [7, 11) is 1.81. The van der Waals surface area contributed by atoms with Crippen LogP contribution in [0.25, 0.3) is 0 Å². The maximum atomic E-state index is 5.27. The van der Waals surface area contributed by atoms with Gasteiger partial charge in [-0.1, -0.05) is 26.2 Å². The first-order valence-corrected chi connectivity index (χ1v) is 6.87. The van der Waals surface area contributed by atoms with E-state index in [9.17, 15) is 0 Å². The van der Waals surface area contributed by atoms with Crippen LogP contribution >= 0.6 is 0 Å². The Morgan fingerprint density at radius 1 is 1.00 bits per heavy atom. The Bertz CT molecular complexity index is 168. The van der Waals surface area contributed by atoms with Crippen molar-refractivity contribution in [3.8, 4) is 0 Å². The lowest BCUT2D eigenvalue weighted by molar-refractivity contribution is 0.145. The number of hydrogen-bond donors (Lipinski definition) is 2. The molecule has 0 bridgehead atoms. The van der Waals surface area contributed by atoms with E-state index in [0.717, 1.165) is 38.7 Å². The summed E-state index contributed by atoms with van der Waals surface area (Å²) in [6, 6.07) is 0. The maximum Gasteiger partial charge on any atom is 0.190 e. The van der Waals surface area contributed by atoms with E-state index in [1.54, 1.807) is 0 Å². The number of hydrogen-bond acceptors (Lipinski definition) is 2. The summed E-state index contributed by atoms with van der Waals surface area (Å²) in [5, 5.41) is 6.60. The van der Waals surface area contributed by atoms with E-state index in [1.165, 1.54) is 25.7 Å². The minimum absolute atomic E-state index is 0.796. The monoisotopic (exact) mass is 243 g/mol. The van der Waals surface area contributed by atoms with Gasteiger partial charge in [-0.2, -0.15) is 0 Å². The predicted molar refractivity (Wildman–Crippen MR) is 74.6 cm³/mol. The Morgan fingerprint density at radius 2 is 1.71 bits per heavy atom. The van der Waals surface area contributed by atoms with Crippen molar-refractivity contribution >= 4 is 5.96 Å². The van der Waals surface area contributed by atoms with E-state index in [-0.39, 0.29) is 0 Å². The molecule has 0 atom stereocenters. The molecule has 0 saturated carbocycles. The zero-order valence-corrected chi connectivity index (χ0v) is 11.7. The number of rotatable bonds is 10. The van der Waals surface area contributed by atoms with Crippen LogP contribution in [0, 0.1) is 0 Å². The molecule has 0 aliphatic heterocycles. The average Bonchev–Trinajstić information content (AvgIpc) is 2.36. The molecular formula is C13H29N3O. The minimum atomic E-state index is 0.796. The molecule has 102 valence electrons. The van der Waals surface area contributed by atoms with Crippen molar-refractivity contribution in [2.24, 2.45) is 4.99 Å². The Kier molecular flexibility index (Phi) is 12.7. The molecule has 0 heterocycles. The average molecular weight is 243 g/mol. The molecule has 4 heteroatoms. The highest BCUT2D eigenvalue weighted by molar-refractivity contribution is 5.79. The van der Waals surface area contributed by atoms with Gasteiger partial charge in [0.2, 0.25) is 0 Å². The fourth-order valence-corrected chi connectivity index (χ4v) is 1.50. The van der Waals surface area contributed by atoms with Gasteiger partial charge in [0.1, 0.15) is 0 Å². The number of unbranched alkanes of at least 4 members (excludes halogenated alkanes) is 3. The molecule has 0 aliphatic rings. The summed E-state index contributed by atoms with van der Waals surface area (Å²) < 4.78 is 5.27. The largest absolute Gasteiger partial charge is 0.382 e. The van der Waals surface area contributed by atoms with E-state index in [0.29, 0.717) is 0 Å². The minimum Gasteiger partial charge on any atom is -0.382 e. The lowest BCUT2D eigenvalue weighted by Gasteiger charge is -2.11. The SMILES string of the molecule is CCCCCCNC(=NC)NCCCOCC. The van der Waals surface area contributed by atoms with Gasteiger partial charge < -0.3 is 15.4 Å². The molecule has 0 radical (unpaired) electrons.